The van der Waals surface area contributed by atoms with Crippen LogP contribution in [0.4, 0.5) is 8.78 Å². The fourth-order valence-corrected chi connectivity index (χ4v) is 4.93. The van der Waals surface area contributed by atoms with Gasteiger partial charge in [-0.05, 0) is 87.3 Å². The van der Waals surface area contributed by atoms with Crippen molar-refractivity contribution in [2.45, 2.75) is 64.7 Å². The van der Waals surface area contributed by atoms with Crippen LogP contribution in [0, 0.1) is 29.4 Å². The van der Waals surface area contributed by atoms with Gasteiger partial charge in [0.25, 0.3) is 0 Å². The molecular weight excluding hydrogens is 354 g/mol. The molecule has 152 valence electrons. The third-order valence-electron chi connectivity index (χ3n) is 6.59. The van der Waals surface area contributed by atoms with Gasteiger partial charge < -0.3 is 4.74 Å². The van der Waals surface area contributed by atoms with Gasteiger partial charge in [0.15, 0.2) is 11.6 Å². The number of rotatable bonds is 7. The van der Waals surface area contributed by atoms with Gasteiger partial charge in [-0.15, -0.1) is 0 Å². The van der Waals surface area contributed by atoms with Crippen molar-refractivity contribution in [1.29, 1.82) is 0 Å². The summed E-state index contributed by atoms with van der Waals surface area (Å²) in [6, 6.07) is 3.11. The Hall–Kier alpha value is -1.90. The van der Waals surface area contributed by atoms with E-state index >= 15 is 0 Å². The highest BCUT2D eigenvalue weighted by molar-refractivity contribution is 5.67. The van der Waals surface area contributed by atoms with E-state index in [9.17, 15) is 8.78 Å². The minimum atomic E-state index is -0.934. The third-order valence-corrected chi connectivity index (χ3v) is 6.59. The van der Waals surface area contributed by atoms with Gasteiger partial charge in [-0.1, -0.05) is 37.6 Å². The molecule has 1 nitrogen and oxygen atoms in total. The lowest BCUT2D eigenvalue weighted by Gasteiger charge is -2.35. The molecule has 0 aromatic heterocycles. The summed E-state index contributed by atoms with van der Waals surface area (Å²) in [5.74, 6) is 0.506. The molecular formula is C25H32F2O. The topological polar surface area (TPSA) is 9.23 Å². The van der Waals surface area contributed by atoms with E-state index in [1.54, 1.807) is 6.07 Å². The van der Waals surface area contributed by atoms with Crippen molar-refractivity contribution < 1.29 is 13.5 Å². The summed E-state index contributed by atoms with van der Waals surface area (Å²) in [6.45, 7) is 5.48. The molecule has 1 unspecified atom stereocenters. The van der Waals surface area contributed by atoms with Crippen molar-refractivity contribution in [2.24, 2.45) is 17.8 Å². The average Bonchev–Trinajstić information content (AvgIpc) is 2.73. The van der Waals surface area contributed by atoms with Crippen LogP contribution in [0.25, 0.3) is 5.57 Å². The summed E-state index contributed by atoms with van der Waals surface area (Å²) < 4.78 is 33.5. The van der Waals surface area contributed by atoms with Gasteiger partial charge in [0.2, 0.25) is 5.82 Å². The monoisotopic (exact) mass is 386 g/mol. The van der Waals surface area contributed by atoms with E-state index in [4.69, 9.17) is 4.74 Å². The first-order valence-electron chi connectivity index (χ1n) is 10.7. The van der Waals surface area contributed by atoms with Crippen LogP contribution < -0.4 is 4.74 Å². The van der Waals surface area contributed by atoms with Crippen molar-refractivity contribution >= 4 is 5.57 Å². The number of allylic oxidation sites excluding steroid dienone is 4. The summed E-state index contributed by atoms with van der Waals surface area (Å²) in [4.78, 5) is 0. The summed E-state index contributed by atoms with van der Waals surface area (Å²) in [7, 11) is 0. The van der Waals surface area contributed by atoms with E-state index in [1.807, 2.05) is 0 Å². The van der Waals surface area contributed by atoms with Gasteiger partial charge in [0.1, 0.15) is 0 Å². The van der Waals surface area contributed by atoms with Gasteiger partial charge in [0.05, 0.1) is 6.26 Å². The Morgan fingerprint density at radius 3 is 2.50 bits per heavy atom. The van der Waals surface area contributed by atoms with Crippen LogP contribution in [-0.4, -0.2) is 0 Å². The zero-order valence-corrected chi connectivity index (χ0v) is 16.9. The molecule has 28 heavy (non-hydrogen) atoms. The molecule has 0 radical (unpaired) electrons. The first-order valence-corrected chi connectivity index (χ1v) is 10.7. The Morgan fingerprint density at radius 2 is 1.86 bits per heavy atom. The molecule has 2 aliphatic rings. The molecule has 1 atom stereocenters. The Labute approximate surface area is 168 Å². The van der Waals surface area contributed by atoms with Crippen molar-refractivity contribution in [3.05, 3.63) is 60.4 Å². The van der Waals surface area contributed by atoms with Crippen LogP contribution in [0.1, 0.15) is 70.3 Å². The molecule has 0 amide bonds. The summed E-state index contributed by atoms with van der Waals surface area (Å²) in [5.41, 5.74) is 1.30. The highest BCUT2D eigenvalue weighted by Gasteiger charge is 2.29. The van der Waals surface area contributed by atoms with E-state index < -0.39 is 11.6 Å². The summed E-state index contributed by atoms with van der Waals surface area (Å²) in [6.07, 6.45) is 18.4. The molecule has 0 spiro atoms. The van der Waals surface area contributed by atoms with Gasteiger partial charge in [0, 0.05) is 5.56 Å². The Bertz CT molecular complexity index is 726. The molecule has 0 N–H and O–H groups in total. The third kappa shape index (κ3) is 4.92. The number of halogens is 2. The van der Waals surface area contributed by atoms with Gasteiger partial charge >= 0.3 is 0 Å². The maximum absolute atomic E-state index is 14.5. The second-order valence-corrected chi connectivity index (χ2v) is 8.21. The summed E-state index contributed by atoms with van der Waals surface area (Å²) >= 11 is 0. The lowest BCUT2D eigenvalue weighted by Crippen LogP contribution is -2.23. The predicted octanol–water partition coefficient (Wildman–Crippen LogP) is 7.83. The highest BCUT2D eigenvalue weighted by atomic mass is 19.2. The fraction of sp³-hybridized carbons (Fsp3) is 0.520. The molecule has 0 bridgehead atoms. The summed E-state index contributed by atoms with van der Waals surface area (Å²) in [5, 5.41) is 0. The molecule has 1 saturated carbocycles. The second-order valence-electron chi connectivity index (χ2n) is 8.21. The van der Waals surface area contributed by atoms with E-state index in [2.05, 4.69) is 31.7 Å². The average molecular weight is 387 g/mol. The van der Waals surface area contributed by atoms with Gasteiger partial charge in [-0.3, -0.25) is 0 Å². The van der Waals surface area contributed by atoms with Crippen LogP contribution in [-0.2, 0) is 0 Å². The van der Waals surface area contributed by atoms with Crippen LogP contribution in [0.2, 0.25) is 0 Å². The Morgan fingerprint density at radius 1 is 1.07 bits per heavy atom. The molecule has 0 saturated heterocycles. The number of benzene rings is 1. The molecule has 1 aromatic carbocycles. The van der Waals surface area contributed by atoms with E-state index in [1.165, 1.54) is 44.6 Å². The van der Waals surface area contributed by atoms with Crippen LogP contribution in [0.3, 0.4) is 0 Å². The van der Waals surface area contributed by atoms with E-state index in [0.717, 1.165) is 42.9 Å². The first-order chi connectivity index (χ1) is 13.6. The minimum Gasteiger partial charge on any atom is -0.462 e. The Kier molecular flexibility index (Phi) is 7.47. The SMILES string of the molecule is C=COc1ccc(C2=CCC(C3CCC(CCC=CC)CC3)CC2)c(F)c1F. The number of hydrogen-bond acceptors (Lipinski definition) is 1. The normalized spacial score (nSPS) is 25.5. The lowest BCUT2D eigenvalue weighted by atomic mass is 9.70. The van der Waals surface area contributed by atoms with Crippen LogP contribution >= 0.6 is 0 Å². The van der Waals surface area contributed by atoms with Crippen molar-refractivity contribution in [2.75, 3.05) is 0 Å². The highest BCUT2D eigenvalue weighted by Crippen LogP contribution is 2.42. The molecule has 1 aromatic rings. The largest absolute Gasteiger partial charge is 0.462 e. The molecule has 0 aliphatic heterocycles. The van der Waals surface area contributed by atoms with Crippen LogP contribution in [0.5, 0.6) is 5.75 Å². The molecule has 1 fully saturated rings. The number of ether oxygens (including phenoxy) is 1. The van der Waals surface area contributed by atoms with Gasteiger partial charge in [-0.25, -0.2) is 4.39 Å². The van der Waals surface area contributed by atoms with Crippen molar-refractivity contribution in [3.63, 3.8) is 0 Å². The molecule has 3 heteroatoms. The zero-order chi connectivity index (χ0) is 19.9. The fourth-order valence-electron chi connectivity index (χ4n) is 4.93. The van der Waals surface area contributed by atoms with Crippen molar-refractivity contribution in [1.82, 2.24) is 0 Å². The lowest BCUT2D eigenvalue weighted by molar-refractivity contribution is 0.190. The maximum Gasteiger partial charge on any atom is 0.201 e. The standard InChI is InChI=1S/C25H32F2O/c1-3-5-6-7-18-8-10-19(11-9-18)20-12-14-21(15-13-20)22-16-17-23(28-4-2)25(27)24(22)26/h3-5,14,16-20H,2,6-13,15H2,1H3. The Balaban J connectivity index is 1.57. The van der Waals surface area contributed by atoms with E-state index in [0.29, 0.717) is 11.5 Å². The number of hydrogen-bond donors (Lipinski definition) is 0. The zero-order valence-electron chi connectivity index (χ0n) is 16.9. The van der Waals surface area contributed by atoms with Gasteiger partial charge in [-0.2, -0.15) is 4.39 Å². The van der Waals surface area contributed by atoms with Crippen LogP contribution in [0.15, 0.2) is 43.2 Å². The first kappa shape index (κ1) is 20.8. The van der Waals surface area contributed by atoms with Crippen molar-refractivity contribution in [3.8, 4) is 5.75 Å². The molecule has 0 heterocycles. The molecule has 2 aliphatic carbocycles. The smallest absolute Gasteiger partial charge is 0.201 e. The predicted molar refractivity (Wildman–Crippen MR) is 112 cm³/mol. The maximum atomic E-state index is 14.5. The quantitative estimate of drug-likeness (QED) is 0.343. The van der Waals surface area contributed by atoms with E-state index in [-0.39, 0.29) is 5.75 Å². The second kappa shape index (κ2) is 10.0. The minimum absolute atomic E-state index is 0.114. The molecule has 3 rings (SSSR count).